The summed E-state index contributed by atoms with van der Waals surface area (Å²) in [5.74, 6) is 0.135. The Morgan fingerprint density at radius 3 is 2.56 bits per heavy atom. The quantitative estimate of drug-likeness (QED) is 0.799. The first-order chi connectivity index (χ1) is 8.81. The van der Waals surface area contributed by atoms with E-state index >= 15 is 0 Å². The van der Waals surface area contributed by atoms with Crippen molar-refractivity contribution < 1.29 is 4.79 Å². The minimum atomic E-state index is 0.135. The Bertz CT molecular complexity index is 478. The van der Waals surface area contributed by atoms with Gasteiger partial charge in [-0.2, -0.15) is 0 Å². The molecule has 94 valence electrons. The van der Waals surface area contributed by atoms with Crippen LogP contribution >= 0.6 is 11.3 Å². The molecule has 1 aromatic carbocycles. The molecule has 18 heavy (non-hydrogen) atoms. The molecule has 3 heteroatoms. The number of benzene rings is 1. The molecule has 0 atom stereocenters. The van der Waals surface area contributed by atoms with Gasteiger partial charge in [0.15, 0.2) is 0 Å². The third kappa shape index (κ3) is 3.20. The van der Waals surface area contributed by atoms with E-state index in [1.807, 2.05) is 40.6 Å². The summed E-state index contributed by atoms with van der Waals surface area (Å²) in [7, 11) is 0. The summed E-state index contributed by atoms with van der Waals surface area (Å²) in [5, 5.41) is 1.94. The largest absolute Gasteiger partial charge is 0.334 e. The molecule has 1 heterocycles. The number of hydrogen-bond donors (Lipinski definition) is 0. The van der Waals surface area contributed by atoms with Gasteiger partial charge < -0.3 is 4.90 Å². The van der Waals surface area contributed by atoms with Gasteiger partial charge in [0.05, 0.1) is 4.88 Å². The van der Waals surface area contributed by atoms with Gasteiger partial charge in [0, 0.05) is 13.1 Å². The molecule has 0 N–H and O–H groups in total. The van der Waals surface area contributed by atoms with E-state index < -0.39 is 0 Å². The van der Waals surface area contributed by atoms with E-state index in [-0.39, 0.29) is 5.91 Å². The van der Waals surface area contributed by atoms with Crippen LogP contribution in [0.5, 0.6) is 0 Å². The van der Waals surface area contributed by atoms with E-state index in [4.69, 9.17) is 0 Å². The van der Waals surface area contributed by atoms with Gasteiger partial charge in [-0.1, -0.05) is 43.3 Å². The van der Waals surface area contributed by atoms with Crippen LogP contribution in [0.2, 0.25) is 0 Å². The normalized spacial score (nSPS) is 10.3. The maximum atomic E-state index is 12.3. The van der Waals surface area contributed by atoms with E-state index in [1.165, 1.54) is 16.9 Å². The molecule has 0 aliphatic rings. The molecule has 0 saturated carbocycles. The van der Waals surface area contributed by atoms with Crippen molar-refractivity contribution in [3.8, 4) is 0 Å². The van der Waals surface area contributed by atoms with Gasteiger partial charge in [-0.25, -0.2) is 0 Å². The minimum absolute atomic E-state index is 0.135. The third-order valence-electron chi connectivity index (χ3n) is 2.73. The first kappa shape index (κ1) is 12.8. The van der Waals surface area contributed by atoms with Crippen LogP contribution < -0.4 is 0 Å². The number of nitrogens with zero attached hydrogens (tertiary/aromatic N) is 1. The fraction of sp³-hybridized carbons (Fsp3) is 0.267. The lowest BCUT2D eigenvalue weighted by Gasteiger charge is -2.21. The van der Waals surface area contributed by atoms with E-state index in [9.17, 15) is 4.79 Å². The second-order valence-corrected chi connectivity index (χ2v) is 5.14. The number of amides is 1. The highest BCUT2D eigenvalue weighted by Gasteiger charge is 2.15. The highest BCUT2D eigenvalue weighted by Crippen LogP contribution is 2.14. The molecule has 0 fully saturated rings. The second-order valence-electron chi connectivity index (χ2n) is 4.19. The average molecular weight is 259 g/mol. The molecule has 2 aromatic rings. The molecular formula is C15H17NOS. The topological polar surface area (TPSA) is 20.3 Å². The van der Waals surface area contributed by atoms with Gasteiger partial charge in [-0.3, -0.25) is 4.79 Å². The monoisotopic (exact) mass is 259 g/mol. The Hall–Kier alpha value is -1.61. The summed E-state index contributed by atoms with van der Waals surface area (Å²) in [6.07, 6.45) is 0.976. The number of carbonyl (C=O) groups is 1. The van der Waals surface area contributed by atoms with Crippen LogP contribution in [0.4, 0.5) is 0 Å². The maximum absolute atomic E-state index is 12.3. The molecule has 0 aliphatic carbocycles. The van der Waals surface area contributed by atoms with Crippen molar-refractivity contribution in [2.45, 2.75) is 19.9 Å². The Kier molecular flexibility index (Phi) is 4.53. The molecule has 1 amide bonds. The number of hydrogen-bond acceptors (Lipinski definition) is 2. The lowest BCUT2D eigenvalue weighted by Crippen LogP contribution is -2.30. The van der Waals surface area contributed by atoms with Crippen molar-refractivity contribution in [1.29, 1.82) is 0 Å². The summed E-state index contributed by atoms with van der Waals surface area (Å²) < 4.78 is 0. The SMILES string of the molecule is CCCN(Cc1ccccc1)C(=O)c1cccs1. The van der Waals surface area contributed by atoms with Crippen molar-refractivity contribution in [2.75, 3.05) is 6.54 Å². The van der Waals surface area contributed by atoms with Crippen molar-refractivity contribution in [2.24, 2.45) is 0 Å². The van der Waals surface area contributed by atoms with Crippen molar-refractivity contribution in [3.63, 3.8) is 0 Å². The van der Waals surface area contributed by atoms with Gasteiger partial charge >= 0.3 is 0 Å². The standard InChI is InChI=1S/C15H17NOS/c1-2-10-16(12-13-7-4-3-5-8-13)15(17)14-9-6-11-18-14/h3-9,11H,2,10,12H2,1H3. The van der Waals surface area contributed by atoms with E-state index in [2.05, 4.69) is 19.1 Å². The molecule has 2 nitrogen and oxygen atoms in total. The zero-order chi connectivity index (χ0) is 12.8. The van der Waals surface area contributed by atoms with Crippen molar-refractivity contribution in [3.05, 3.63) is 58.3 Å². The molecule has 2 rings (SSSR count). The summed E-state index contributed by atoms with van der Waals surface area (Å²) >= 11 is 1.50. The predicted molar refractivity (Wildman–Crippen MR) is 75.8 cm³/mol. The summed E-state index contributed by atoms with van der Waals surface area (Å²) in [6, 6.07) is 13.9. The molecule has 1 aromatic heterocycles. The van der Waals surface area contributed by atoms with Gasteiger partial charge in [-0.05, 0) is 23.4 Å². The minimum Gasteiger partial charge on any atom is -0.334 e. The number of carbonyl (C=O) groups excluding carboxylic acids is 1. The summed E-state index contributed by atoms with van der Waals surface area (Å²) in [6.45, 7) is 3.58. The Morgan fingerprint density at radius 1 is 1.17 bits per heavy atom. The van der Waals surface area contributed by atoms with Crippen molar-refractivity contribution >= 4 is 17.2 Å². The zero-order valence-corrected chi connectivity index (χ0v) is 11.3. The van der Waals surface area contributed by atoms with Gasteiger partial charge in [-0.15, -0.1) is 11.3 Å². The van der Waals surface area contributed by atoms with Gasteiger partial charge in [0.2, 0.25) is 0 Å². The molecule has 0 aliphatic heterocycles. The zero-order valence-electron chi connectivity index (χ0n) is 10.5. The average Bonchev–Trinajstić information content (AvgIpc) is 2.92. The van der Waals surface area contributed by atoms with Crippen LogP contribution in [0.15, 0.2) is 47.8 Å². The lowest BCUT2D eigenvalue weighted by atomic mass is 10.2. The Morgan fingerprint density at radius 2 is 1.94 bits per heavy atom. The molecule has 0 spiro atoms. The van der Waals surface area contributed by atoms with E-state index in [0.717, 1.165) is 17.8 Å². The number of thiophene rings is 1. The van der Waals surface area contributed by atoms with Crippen LogP contribution in [-0.2, 0) is 6.54 Å². The van der Waals surface area contributed by atoms with Crippen LogP contribution in [-0.4, -0.2) is 17.4 Å². The van der Waals surface area contributed by atoms with Crippen LogP contribution in [0.3, 0.4) is 0 Å². The third-order valence-corrected chi connectivity index (χ3v) is 3.59. The molecule has 0 unspecified atom stereocenters. The summed E-state index contributed by atoms with van der Waals surface area (Å²) in [5.41, 5.74) is 1.18. The molecule has 0 bridgehead atoms. The smallest absolute Gasteiger partial charge is 0.264 e. The Balaban J connectivity index is 2.11. The lowest BCUT2D eigenvalue weighted by molar-refractivity contribution is 0.0748. The van der Waals surface area contributed by atoms with Crippen LogP contribution in [0, 0.1) is 0 Å². The predicted octanol–water partition coefficient (Wildman–Crippen LogP) is 3.80. The molecule has 0 saturated heterocycles. The van der Waals surface area contributed by atoms with Crippen molar-refractivity contribution in [1.82, 2.24) is 4.90 Å². The maximum Gasteiger partial charge on any atom is 0.264 e. The van der Waals surface area contributed by atoms with Crippen LogP contribution in [0.25, 0.3) is 0 Å². The highest BCUT2D eigenvalue weighted by atomic mass is 32.1. The fourth-order valence-electron chi connectivity index (χ4n) is 1.88. The fourth-order valence-corrected chi connectivity index (χ4v) is 2.57. The van der Waals surface area contributed by atoms with Gasteiger partial charge in [0.1, 0.15) is 0 Å². The van der Waals surface area contributed by atoms with Gasteiger partial charge in [0.25, 0.3) is 5.91 Å². The summed E-state index contributed by atoms with van der Waals surface area (Å²) in [4.78, 5) is 15.1. The van der Waals surface area contributed by atoms with E-state index in [0.29, 0.717) is 6.54 Å². The number of rotatable bonds is 5. The first-order valence-electron chi connectivity index (χ1n) is 6.18. The highest BCUT2D eigenvalue weighted by molar-refractivity contribution is 7.12. The Labute approximate surface area is 112 Å². The first-order valence-corrected chi connectivity index (χ1v) is 7.06. The van der Waals surface area contributed by atoms with E-state index in [1.54, 1.807) is 0 Å². The molecule has 0 radical (unpaired) electrons. The second kappa shape index (κ2) is 6.36. The molecular weight excluding hydrogens is 242 g/mol. The van der Waals surface area contributed by atoms with Crippen LogP contribution in [0.1, 0.15) is 28.6 Å².